The molecule has 0 unspecified atom stereocenters. The number of benzene rings is 4. The highest BCUT2D eigenvalue weighted by atomic mass is 16.7. The number of fused-ring (bicyclic) bond motifs is 2. The van der Waals surface area contributed by atoms with Crippen LogP contribution >= 0.6 is 0 Å². The molecule has 2 N–H and O–H groups in total. The first-order valence-corrected chi connectivity index (χ1v) is 17.4. The number of hydrogen-bond acceptors (Lipinski definition) is 8. The first-order chi connectivity index (χ1) is 25.6. The van der Waals surface area contributed by atoms with E-state index in [1.807, 2.05) is 76.5 Å². The second-order valence-corrected chi connectivity index (χ2v) is 11.4. The number of imidazole rings is 2. The predicted octanol–water partition coefficient (Wildman–Crippen LogP) is 7.86. The number of ether oxygens (including phenoxy) is 6. The van der Waals surface area contributed by atoms with Crippen LogP contribution in [0.5, 0.6) is 11.5 Å². The van der Waals surface area contributed by atoms with Crippen molar-refractivity contribution in [2.75, 3.05) is 33.5 Å². The van der Waals surface area contributed by atoms with E-state index in [0.29, 0.717) is 43.5 Å². The van der Waals surface area contributed by atoms with Gasteiger partial charge in [-0.2, -0.15) is 0 Å². The predicted molar refractivity (Wildman–Crippen MR) is 202 cm³/mol. The van der Waals surface area contributed by atoms with Crippen molar-refractivity contribution < 1.29 is 28.4 Å². The molecule has 0 saturated carbocycles. The summed E-state index contributed by atoms with van der Waals surface area (Å²) in [6.07, 6.45) is 5.76. The van der Waals surface area contributed by atoms with Crippen LogP contribution < -0.4 is 9.47 Å². The van der Waals surface area contributed by atoms with Gasteiger partial charge in [0.1, 0.15) is 18.1 Å². The van der Waals surface area contributed by atoms with Crippen molar-refractivity contribution in [3.8, 4) is 57.7 Å². The summed E-state index contributed by atoms with van der Waals surface area (Å²) in [4.78, 5) is 15.3. The average Bonchev–Trinajstić information content (AvgIpc) is 3.91. The molecule has 6 rings (SSSR count). The summed E-state index contributed by atoms with van der Waals surface area (Å²) in [5.74, 6) is 14.1. The second-order valence-electron chi connectivity index (χ2n) is 11.4. The summed E-state index contributed by atoms with van der Waals surface area (Å²) >= 11 is 0. The molecule has 2 aromatic heterocycles. The molecule has 0 amide bonds. The van der Waals surface area contributed by atoms with E-state index in [1.54, 1.807) is 19.8 Å². The molecule has 10 nitrogen and oxygen atoms in total. The molecule has 2 heterocycles. The van der Waals surface area contributed by atoms with Gasteiger partial charge in [-0.15, -0.1) is 0 Å². The van der Waals surface area contributed by atoms with Crippen LogP contribution in [0.4, 0.5) is 0 Å². The van der Waals surface area contributed by atoms with Gasteiger partial charge in [-0.3, -0.25) is 0 Å². The minimum atomic E-state index is -0.684. The van der Waals surface area contributed by atoms with Gasteiger partial charge in [0.25, 0.3) is 0 Å². The lowest BCUT2D eigenvalue weighted by molar-refractivity contribution is -0.0972. The molecule has 0 bridgehead atoms. The van der Waals surface area contributed by atoms with Crippen molar-refractivity contribution in [3.05, 3.63) is 96.3 Å². The Labute approximate surface area is 303 Å². The van der Waals surface area contributed by atoms with Crippen molar-refractivity contribution in [3.63, 3.8) is 0 Å². The van der Waals surface area contributed by atoms with Gasteiger partial charge in [0, 0.05) is 55.3 Å². The Morgan fingerprint density at radius 2 is 1.29 bits per heavy atom. The third-order valence-corrected chi connectivity index (χ3v) is 8.23. The van der Waals surface area contributed by atoms with Crippen molar-refractivity contribution >= 4 is 21.5 Å². The molecule has 0 aliphatic rings. The number of aromatic amines is 2. The molecule has 0 radical (unpaired) electrons. The van der Waals surface area contributed by atoms with Crippen LogP contribution in [0.2, 0.25) is 0 Å². The first kappa shape index (κ1) is 36.2. The zero-order valence-electron chi connectivity index (χ0n) is 30.0. The monoisotopic (exact) mass is 698 g/mol. The SMILES string of the molecule is CCOC(C#Cc1cc(OC)c(C#CC(OCC)OCC)c2cc(COc3cc(-c4c[nH]cn4)c4ccccc4c3-c3c[nH]cn3)ccc12)OCC. The minimum absolute atomic E-state index is 0.258. The molecule has 10 heteroatoms. The topological polar surface area (TPSA) is 113 Å². The van der Waals surface area contributed by atoms with E-state index in [-0.39, 0.29) is 6.61 Å². The molecule has 0 spiro atoms. The Bertz CT molecular complexity index is 2210. The molecule has 6 aromatic rings. The van der Waals surface area contributed by atoms with Crippen LogP contribution in [-0.4, -0.2) is 66.1 Å². The van der Waals surface area contributed by atoms with Gasteiger partial charge in [-0.05, 0) is 79.5 Å². The summed E-state index contributed by atoms with van der Waals surface area (Å²) in [5, 5.41) is 3.78. The molecule has 0 saturated heterocycles. The fourth-order valence-electron chi connectivity index (χ4n) is 5.97. The number of hydrogen-bond donors (Lipinski definition) is 2. The maximum Gasteiger partial charge on any atom is 0.222 e. The van der Waals surface area contributed by atoms with Crippen LogP contribution in [-0.2, 0) is 25.6 Å². The lowest BCUT2D eigenvalue weighted by Gasteiger charge is -2.17. The number of aromatic nitrogens is 4. The van der Waals surface area contributed by atoms with Crippen molar-refractivity contribution in [1.82, 2.24) is 19.9 Å². The van der Waals surface area contributed by atoms with E-state index >= 15 is 0 Å². The number of H-pyrrole nitrogens is 2. The Morgan fingerprint density at radius 1 is 0.654 bits per heavy atom. The molecule has 52 heavy (non-hydrogen) atoms. The average molecular weight is 699 g/mol. The van der Waals surface area contributed by atoms with E-state index in [2.05, 4.69) is 61.8 Å². The number of nitrogens with zero attached hydrogens (tertiary/aromatic N) is 2. The summed E-state index contributed by atoms with van der Waals surface area (Å²) < 4.78 is 35.4. The molecular weight excluding hydrogens is 656 g/mol. The van der Waals surface area contributed by atoms with Gasteiger partial charge < -0.3 is 38.4 Å². The van der Waals surface area contributed by atoms with Gasteiger partial charge in [-0.1, -0.05) is 48.2 Å². The summed E-state index contributed by atoms with van der Waals surface area (Å²) in [5.41, 5.74) is 5.78. The maximum atomic E-state index is 6.70. The Kier molecular flexibility index (Phi) is 12.2. The smallest absolute Gasteiger partial charge is 0.222 e. The number of methoxy groups -OCH3 is 1. The van der Waals surface area contributed by atoms with E-state index in [0.717, 1.165) is 55.2 Å². The molecular formula is C42H42N4O6. The summed E-state index contributed by atoms with van der Waals surface area (Å²) in [6, 6.07) is 18.3. The largest absolute Gasteiger partial charge is 0.495 e. The van der Waals surface area contributed by atoms with Crippen LogP contribution in [0.15, 0.2) is 79.6 Å². The number of rotatable bonds is 14. The summed E-state index contributed by atoms with van der Waals surface area (Å²) in [7, 11) is 1.62. The highest BCUT2D eigenvalue weighted by Crippen LogP contribution is 2.42. The van der Waals surface area contributed by atoms with Crippen molar-refractivity contribution in [1.29, 1.82) is 0 Å². The molecule has 0 aliphatic heterocycles. The Hall–Kier alpha value is -5.62. The lowest BCUT2D eigenvalue weighted by Crippen LogP contribution is -2.15. The van der Waals surface area contributed by atoms with Crippen LogP contribution in [0, 0.1) is 23.7 Å². The van der Waals surface area contributed by atoms with E-state index in [4.69, 9.17) is 28.4 Å². The van der Waals surface area contributed by atoms with Crippen LogP contribution in [0.1, 0.15) is 44.4 Å². The summed E-state index contributed by atoms with van der Waals surface area (Å²) in [6.45, 7) is 9.78. The van der Waals surface area contributed by atoms with Crippen molar-refractivity contribution in [2.45, 2.75) is 46.9 Å². The minimum Gasteiger partial charge on any atom is -0.495 e. The zero-order chi connectivity index (χ0) is 36.3. The fourth-order valence-corrected chi connectivity index (χ4v) is 5.97. The molecule has 4 aromatic carbocycles. The van der Waals surface area contributed by atoms with Gasteiger partial charge in [0.2, 0.25) is 12.6 Å². The van der Waals surface area contributed by atoms with Gasteiger partial charge >= 0.3 is 0 Å². The fraction of sp³-hybridized carbons (Fsp3) is 0.286. The van der Waals surface area contributed by atoms with Gasteiger partial charge in [-0.25, -0.2) is 9.97 Å². The third-order valence-electron chi connectivity index (χ3n) is 8.23. The van der Waals surface area contributed by atoms with Crippen LogP contribution in [0.3, 0.4) is 0 Å². The Balaban J connectivity index is 1.47. The normalized spacial score (nSPS) is 11.1. The second kappa shape index (κ2) is 17.5. The zero-order valence-corrected chi connectivity index (χ0v) is 30.0. The quantitative estimate of drug-likeness (QED) is 0.0874. The van der Waals surface area contributed by atoms with E-state index in [9.17, 15) is 0 Å². The van der Waals surface area contributed by atoms with Gasteiger partial charge in [0.05, 0.1) is 42.3 Å². The molecule has 0 aliphatic carbocycles. The molecule has 0 atom stereocenters. The van der Waals surface area contributed by atoms with E-state index < -0.39 is 12.6 Å². The van der Waals surface area contributed by atoms with Crippen molar-refractivity contribution in [2.24, 2.45) is 0 Å². The van der Waals surface area contributed by atoms with Gasteiger partial charge in [0.15, 0.2) is 0 Å². The Morgan fingerprint density at radius 3 is 1.90 bits per heavy atom. The molecule has 0 fully saturated rings. The maximum absolute atomic E-state index is 6.70. The highest BCUT2D eigenvalue weighted by Gasteiger charge is 2.19. The first-order valence-electron chi connectivity index (χ1n) is 17.4. The third kappa shape index (κ3) is 8.13. The van der Waals surface area contributed by atoms with Crippen LogP contribution in [0.25, 0.3) is 44.1 Å². The highest BCUT2D eigenvalue weighted by molar-refractivity contribution is 6.06. The van der Waals surface area contributed by atoms with E-state index in [1.165, 1.54) is 0 Å². The standard InChI is InChI=1S/C42H42N4O6/c1-6-48-40(49-7-2)18-15-29-21-38(47-5)32(17-19-41(50-8-3)51-9-4)34-20-28(14-16-30(29)34)25-52-39-22-35(36-23-43-26-45-36)31-12-10-11-13-33(31)42(39)37-24-44-27-46-37/h10-14,16,20-24,26-27,40-41H,6-9,25H2,1-5H3,(H,43,45)(H,44,46). The lowest BCUT2D eigenvalue weighted by atomic mass is 9.95. The molecule has 266 valence electrons. The number of nitrogens with one attached hydrogen (secondary N) is 2.